The maximum atomic E-state index is 12.9. The Morgan fingerprint density at radius 2 is 1.73 bits per heavy atom. The maximum Gasteiger partial charge on any atom is 0.352 e. The minimum Gasteiger partial charge on any atom is -0.462 e. The molecule has 1 amide bonds. The van der Waals surface area contributed by atoms with Crippen molar-refractivity contribution in [2.45, 2.75) is 39.5 Å². The van der Waals surface area contributed by atoms with Gasteiger partial charge in [-0.2, -0.15) is 0 Å². The topological polar surface area (TPSA) is 86.8 Å². The Morgan fingerprint density at radius 3 is 2.42 bits per heavy atom. The summed E-state index contributed by atoms with van der Waals surface area (Å²) in [7, 11) is 2.15. The molecule has 2 heterocycles. The highest BCUT2D eigenvalue weighted by molar-refractivity contribution is 7.17. The van der Waals surface area contributed by atoms with Gasteiger partial charge in [0.05, 0.1) is 6.61 Å². The predicted octanol–water partition coefficient (Wildman–Crippen LogP) is 6.25. The second-order valence-corrected chi connectivity index (χ2v) is 11.9. The van der Waals surface area contributed by atoms with Crippen LogP contribution in [-0.2, 0) is 9.53 Å². The normalized spacial score (nSPS) is 19.7. The van der Waals surface area contributed by atoms with E-state index in [4.69, 9.17) is 9.72 Å². The third kappa shape index (κ3) is 6.82. The van der Waals surface area contributed by atoms with Crippen molar-refractivity contribution in [3.8, 4) is 10.6 Å². The summed E-state index contributed by atoms with van der Waals surface area (Å²) in [5, 5.41) is 7.12. The van der Waals surface area contributed by atoms with E-state index in [0.29, 0.717) is 21.6 Å². The van der Waals surface area contributed by atoms with Gasteiger partial charge in [-0.25, -0.2) is 9.78 Å². The SMILES string of the molecule is CCOC(=O)c1sc(-c2cccc(NC(=O)C3CCC(C)CC3)c2)nc1Nc1ccc(N2CCN(C)CC2)cc1. The van der Waals surface area contributed by atoms with Gasteiger partial charge in [-0.15, -0.1) is 11.3 Å². The minimum atomic E-state index is -0.404. The van der Waals surface area contributed by atoms with Crippen LogP contribution in [0.15, 0.2) is 48.5 Å². The average molecular weight is 562 g/mol. The van der Waals surface area contributed by atoms with E-state index < -0.39 is 5.97 Å². The van der Waals surface area contributed by atoms with Crippen LogP contribution in [0.4, 0.5) is 22.9 Å². The zero-order chi connectivity index (χ0) is 28.1. The first-order valence-electron chi connectivity index (χ1n) is 14.3. The van der Waals surface area contributed by atoms with E-state index in [1.165, 1.54) is 17.0 Å². The summed E-state index contributed by atoms with van der Waals surface area (Å²) in [6.07, 6.45) is 4.07. The molecule has 3 aromatic rings. The molecular formula is C31H39N5O3S. The van der Waals surface area contributed by atoms with Gasteiger partial charge < -0.3 is 25.2 Å². The molecular weight excluding hydrogens is 522 g/mol. The number of esters is 1. The van der Waals surface area contributed by atoms with Crippen molar-refractivity contribution in [2.24, 2.45) is 11.8 Å². The molecule has 0 bridgehead atoms. The van der Waals surface area contributed by atoms with Crippen LogP contribution in [0.2, 0.25) is 0 Å². The number of hydrogen-bond acceptors (Lipinski definition) is 8. The molecule has 2 aromatic carbocycles. The number of likely N-dealkylation sites (N-methyl/N-ethyl adjacent to an activating group) is 1. The monoisotopic (exact) mass is 561 g/mol. The van der Waals surface area contributed by atoms with Gasteiger partial charge >= 0.3 is 5.97 Å². The first-order valence-corrected chi connectivity index (χ1v) is 15.1. The van der Waals surface area contributed by atoms with Crippen molar-refractivity contribution in [1.82, 2.24) is 9.88 Å². The molecule has 2 N–H and O–H groups in total. The smallest absolute Gasteiger partial charge is 0.352 e. The molecule has 5 rings (SSSR count). The van der Waals surface area contributed by atoms with Gasteiger partial charge in [0.15, 0.2) is 10.7 Å². The Balaban J connectivity index is 1.33. The molecule has 1 aliphatic heterocycles. The summed E-state index contributed by atoms with van der Waals surface area (Å²) in [6.45, 7) is 8.44. The first kappa shape index (κ1) is 28.1. The number of amides is 1. The molecule has 0 spiro atoms. The van der Waals surface area contributed by atoms with Crippen molar-refractivity contribution >= 4 is 46.1 Å². The van der Waals surface area contributed by atoms with E-state index in [1.807, 2.05) is 36.4 Å². The molecule has 1 aromatic heterocycles. The fourth-order valence-corrected chi connectivity index (χ4v) is 6.23. The van der Waals surface area contributed by atoms with Crippen LogP contribution in [0, 0.1) is 11.8 Å². The number of anilines is 4. The Kier molecular flexibility index (Phi) is 9.01. The molecule has 1 saturated carbocycles. The summed E-state index contributed by atoms with van der Waals surface area (Å²) < 4.78 is 5.34. The Labute approximate surface area is 240 Å². The number of benzene rings is 2. The average Bonchev–Trinajstić information content (AvgIpc) is 3.38. The lowest BCUT2D eigenvalue weighted by atomic mass is 9.82. The molecule has 8 nitrogen and oxygen atoms in total. The van der Waals surface area contributed by atoms with Crippen LogP contribution in [0.1, 0.15) is 49.2 Å². The van der Waals surface area contributed by atoms with Crippen LogP contribution in [-0.4, -0.2) is 61.6 Å². The molecule has 2 aliphatic rings. The number of nitrogens with zero attached hydrogens (tertiary/aromatic N) is 3. The number of carbonyl (C=O) groups is 2. The molecule has 40 heavy (non-hydrogen) atoms. The van der Waals surface area contributed by atoms with Gasteiger partial charge in [-0.1, -0.05) is 19.1 Å². The predicted molar refractivity (Wildman–Crippen MR) is 163 cm³/mol. The Hall–Kier alpha value is -3.43. The molecule has 1 saturated heterocycles. The molecule has 0 radical (unpaired) electrons. The fourth-order valence-electron chi connectivity index (χ4n) is 5.32. The number of piperazine rings is 1. The van der Waals surface area contributed by atoms with Crippen molar-refractivity contribution in [3.63, 3.8) is 0 Å². The molecule has 2 fully saturated rings. The maximum absolute atomic E-state index is 12.9. The fraction of sp³-hybridized carbons (Fsp3) is 0.452. The second kappa shape index (κ2) is 12.8. The van der Waals surface area contributed by atoms with Gasteiger partial charge in [0.2, 0.25) is 5.91 Å². The van der Waals surface area contributed by atoms with E-state index in [-0.39, 0.29) is 18.4 Å². The van der Waals surface area contributed by atoms with Gasteiger partial charge in [0, 0.05) is 54.7 Å². The van der Waals surface area contributed by atoms with E-state index >= 15 is 0 Å². The summed E-state index contributed by atoms with van der Waals surface area (Å²) in [5.74, 6) is 0.908. The number of thiazole rings is 1. The van der Waals surface area contributed by atoms with Gasteiger partial charge in [0.25, 0.3) is 0 Å². The lowest BCUT2D eigenvalue weighted by molar-refractivity contribution is -0.121. The standard InChI is InChI=1S/C31H39N5O3S/c1-4-39-31(38)27-28(32-24-12-14-26(15-13-24)36-18-16-35(3)17-19-36)34-30(40-27)23-6-5-7-25(20-23)33-29(37)22-10-8-21(2)9-11-22/h5-7,12-15,20-22,32H,4,8-11,16-19H2,1-3H3,(H,33,37). The van der Waals surface area contributed by atoms with Crippen molar-refractivity contribution in [2.75, 3.05) is 55.4 Å². The highest BCUT2D eigenvalue weighted by atomic mass is 32.1. The minimum absolute atomic E-state index is 0.0635. The molecule has 0 unspecified atom stereocenters. The highest BCUT2D eigenvalue weighted by Gasteiger charge is 2.25. The lowest BCUT2D eigenvalue weighted by Crippen LogP contribution is -2.44. The van der Waals surface area contributed by atoms with Gasteiger partial charge in [0.1, 0.15) is 5.01 Å². The van der Waals surface area contributed by atoms with Crippen molar-refractivity contribution in [1.29, 1.82) is 0 Å². The Bertz CT molecular complexity index is 1310. The number of ether oxygens (including phenoxy) is 1. The quantitative estimate of drug-likeness (QED) is 0.315. The van der Waals surface area contributed by atoms with Gasteiger partial charge in [-0.3, -0.25) is 4.79 Å². The number of hydrogen-bond donors (Lipinski definition) is 2. The zero-order valence-electron chi connectivity index (χ0n) is 23.6. The number of rotatable bonds is 8. The van der Waals surface area contributed by atoms with Crippen molar-refractivity contribution < 1.29 is 14.3 Å². The van der Waals surface area contributed by atoms with Crippen LogP contribution >= 0.6 is 11.3 Å². The van der Waals surface area contributed by atoms with Crippen molar-refractivity contribution in [3.05, 3.63) is 53.4 Å². The zero-order valence-corrected chi connectivity index (χ0v) is 24.4. The second-order valence-electron chi connectivity index (χ2n) is 10.9. The van der Waals surface area contributed by atoms with E-state index in [0.717, 1.165) is 68.8 Å². The van der Waals surface area contributed by atoms with Crippen LogP contribution in [0.25, 0.3) is 10.6 Å². The lowest BCUT2D eigenvalue weighted by Gasteiger charge is -2.34. The van der Waals surface area contributed by atoms with E-state index in [1.54, 1.807) is 6.92 Å². The Morgan fingerprint density at radius 1 is 1.00 bits per heavy atom. The summed E-state index contributed by atoms with van der Waals surface area (Å²) in [6, 6.07) is 15.9. The molecule has 212 valence electrons. The largest absolute Gasteiger partial charge is 0.462 e. The van der Waals surface area contributed by atoms with Crippen LogP contribution in [0.3, 0.4) is 0 Å². The number of aromatic nitrogens is 1. The first-order chi connectivity index (χ1) is 19.4. The summed E-state index contributed by atoms with van der Waals surface area (Å²) in [5.41, 5.74) is 3.61. The number of nitrogens with one attached hydrogen (secondary N) is 2. The summed E-state index contributed by atoms with van der Waals surface area (Å²) in [4.78, 5) is 35.7. The highest BCUT2D eigenvalue weighted by Crippen LogP contribution is 2.35. The molecule has 9 heteroatoms. The van der Waals surface area contributed by atoms with Crippen LogP contribution < -0.4 is 15.5 Å². The van der Waals surface area contributed by atoms with E-state index in [2.05, 4.69) is 46.5 Å². The van der Waals surface area contributed by atoms with Crippen LogP contribution in [0.5, 0.6) is 0 Å². The molecule has 1 aliphatic carbocycles. The molecule has 0 atom stereocenters. The third-order valence-electron chi connectivity index (χ3n) is 7.85. The van der Waals surface area contributed by atoms with Gasteiger partial charge in [-0.05, 0) is 82.0 Å². The summed E-state index contributed by atoms with van der Waals surface area (Å²) >= 11 is 1.29. The number of carbonyl (C=O) groups excluding carboxylic acids is 2. The third-order valence-corrected chi connectivity index (χ3v) is 8.93. The van der Waals surface area contributed by atoms with E-state index in [9.17, 15) is 9.59 Å².